The molecule has 170 valence electrons. The first-order chi connectivity index (χ1) is 15.7. The molecule has 0 saturated carbocycles. The molecule has 0 N–H and O–H groups in total. The van der Waals surface area contributed by atoms with E-state index in [-0.39, 0.29) is 28.9 Å². The Bertz CT molecular complexity index is 1260. The molecule has 0 amide bonds. The van der Waals surface area contributed by atoms with Gasteiger partial charge < -0.3 is 9.47 Å². The first kappa shape index (κ1) is 23.7. The largest absolute Gasteiger partial charge is 0.490 e. The number of aliphatic imine (C=N–C) groups is 1. The van der Waals surface area contributed by atoms with Crippen molar-refractivity contribution < 1.29 is 19.3 Å². The molecule has 3 aromatic rings. The fraction of sp³-hybridized carbons (Fsp3) is 0.174. The van der Waals surface area contributed by atoms with E-state index >= 15 is 0 Å². The van der Waals surface area contributed by atoms with Gasteiger partial charge in [-0.3, -0.25) is 25.2 Å². The third-order valence-electron chi connectivity index (χ3n) is 4.61. The average molecular weight is 470 g/mol. The molecule has 3 aromatic carbocycles. The third-order valence-corrected chi connectivity index (χ3v) is 4.89. The van der Waals surface area contributed by atoms with Crippen LogP contribution < -0.4 is 9.47 Å². The second kappa shape index (κ2) is 10.1. The van der Waals surface area contributed by atoms with Gasteiger partial charge >= 0.3 is 5.69 Å². The maximum Gasteiger partial charge on any atom is 0.318 e. The number of hydrogen-bond donors (Lipinski definition) is 0. The Morgan fingerprint density at radius 3 is 2.42 bits per heavy atom. The molecule has 0 atom stereocenters. The molecule has 0 spiro atoms. The van der Waals surface area contributed by atoms with Crippen LogP contribution in [0.2, 0.25) is 5.02 Å². The van der Waals surface area contributed by atoms with Crippen molar-refractivity contribution in [2.45, 2.75) is 20.8 Å². The Morgan fingerprint density at radius 2 is 1.76 bits per heavy atom. The van der Waals surface area contributed by atoms with E-state index in [1.165, 1.54) is 0 Å². The van der Waals surface area contributed by atoms with Gasteiger partial charge in [-0.1, -0.05) is 23.7 Å². The van der Waals surface area contributed by atoms with Crippen LogP contribution in [0.5, 0.6) is 17.2 Å². The maximum atomic E-state index is 11.4. The minimum Gasteiger partial charge on any atom is -0.490 e. The van der Waals surface area contributed by atoms with E-state index in [4.69, 9.17) is 21.1 Å². The summed E-state index contributed by atoms with van der Waals surface area (Å²) in [6, 6.07) is 12.3. The standard InChI is InChI=1S/C23H20ClN3O6/c1-4-32-22-11-16(13-25-19-9-14(2)5-6-15(19)3)10-18(24)23(22)33-21-8-7-17(26(28)29)12-20(21)27(30)31/h5-13H,4H2,1-3H3. The highest BCUT2D eigenvalue weighted by molar-refractivity contribution is 6.32. The molecule has 0 unspecified atom stereocenters. The molecule has 0 radical (unpaired) electrons. The fourth-order valence-electron chi connectivity index (χ4n) is 2.99. The molecular weight excluding hydrogens is 450 g/mol. The lowest BCUT2D eigenvalue weighted by Crippen LogP contribution is -2.00. The van der Waals surface area contributed by atoms with Crippen molar-refractivity contribution in [2.75, 3.05) is 6.61 Å². The van der Waals surface area contributed by atoms with E-state index in [1.807, 2.05) is 32.0 Å². The lowest BCUT2D eigenvalue weighted by molar-refractivity contribution is -0.394. The van der Waals surface area contributed by atoms with Gasteiger partial charge in [0.2, 0.25) is 5.75 Å². The van der Waals surface area contributed by atoms with Gasteiger partial charge in [0.05, 0.1) is 33.2 Å². The van der Waals surface area contributed by atoms with Gasteiger partial charge in [-0.05, 0) is 61.7 Å². The van der Waals surface area contributed by atoms with E-state index < -0.39 is 21.2 Å². The van der Waals surface area contributed by atoms with Crippen molar-refractivity contribution in [1.29, 1.82) is 0 Å². The molecule has 0 saturated heterocycles. The van der Waals surface area contributed by atoms with Gasteiger partial charge in [0.1, 0.15) is 0 Å². The van der Waals surface area contributed by atoms with E-state index in [2.05, 4.69) is 4.99 Å². The van der Waals surface area contributed by atoms with Crippen molar-refractivity contribution in [1.82, 2.24) is 0 Å². The number of halogens is 1. The normalized spacial score (nSPS) is 10.9. The van der Waals surface area contributed by atoms with E-state index in [1.54, 1.807) is 25.3 Å². The Morgan fingerprint density at radius 1 is 1.00 bits per heavy atom. The first-order valence-corrected chi connectivity index (χ1v) is 10.3. The smallest absolute Gasteiger partial charge is 0.318 e. The van der Waals surface area contributed by atoms with Gasteiger partial charge in [-0.15, -0.1) is 0 Å². The number of non-ortho nitro benzene ring substituents is 1. The van der Waals surface area contributed by atoms with Crippen LogP contribution in [0.3, 0.4) is 0 Å². The van der Waals surface area contributed by atoms with Gasteiger partial charge in [-0.2, -0.15) is 0 Å². The van der Waals surface area contributed by atoms with Gasteiger partial charge in [-0.25, -0.2) is 0 Å². The van der Waals surface area contributed by atoms with Crippen LogP contribution in [-0.2, 0) is 0 Å². The number of ether oxygens (including phenoxy) is 2. The van der Waals surface area contributed by atoms with E-state index in [0.717, 1.165) is 35.0 Å². The van der Waals surface area contributed by atoms with Crippen molar-refractivity contribution in [3.63, 3.8) is 0 Å². The summed E-state index contributed by atoms with van der Waals surface area (Å²) in [4.78, 5) is 25.4. The van der Waals surface area contributed by atoms with Gasteiger partial charge in [0.25, 0.3) is 5.69 Å². The second-order valence-corrected chi connectivity index (χ2v) is 7.49. The third kappa shape index (κ3) is 5.64. The van der Waals surface area contributed by atoms with Crippen LogP contribution in [0.25, 0.3) is 0 Å². The zero-order chi connectivity index (χ0) is 24.1. The number of aryl methyl sites for hydroxylation is 2. The number of hydrogen-bond acceptors (Lipinski definition) is 7. The quantitative estimate of drug-likeness (QED) is 0.205. The minimum absolute atomic E-state index is 0.0550. The van der Waals surface area contributed by atoms with Crippen LogP contribution in [0.1, 0.15) is 23.6 Å². The van der Waals surface area contributed by atoms with E-state index in [9.17, 15) is 20.2 Å². The molecule has 0 aliphatic heterocycles. The van der Waals surface area contributed by atoms with Crippen molar-refractivity contribution in [3.8, 4) is 17.2 Å². The molecule has 0 aromatic heterocycles. The van der Waals surface area contributed by atoms with E-state index in [0.29, 0.717) is 5.56 Å². The average Bonchev–Trinajstić information content (AvgIpc) is 2.76. The van der Waals surface area contributed by atoms with Crippen molar-refractivity contribution >= 4 is 34.9 Å². The van der Waals surface area contributed by atoms with Crippen LogP contribution in [0, 0.1) is 34.1 Å². The molecule has 0 aliphatic rings. The van der Waals surface area contributed by atoms with Crippen LogP contribution in [0.15, 0.2) is 53.5 Å². The lowest BCUT2D eigenvalue weighted by Gasteiger charge is -2.14. The predicted octanol–water partition coefficient (Wildman–Crippen LogP) is 6.71. The fourth-order valence-corrected chi connectivity index (χ4v) is 3.24. The van der Waals surface area contributed by atoms with Crippen LogP contribution in [0.4, 0.5) is 17.1 Å². The highest BCUT2D eigenvalue weighted by Gasteiger charge is 2.23. The molecular formula is C23H20ClN3O6. The second-order valence-electron chi connectivity index (χ2n) is 7.08. The van der Waals surface area contributed by atoms with Crippen molar-refractivity contribution in [2.24, 2.45) is 4.99 Å². The topological polar surface area (TPSA) is 117 Å². The first-order valence-electron chi connectivity index (χ1n) is 9.88. The lowest BCUT2D eigenvalue weighted by atomic mass is 10.1. The van der Waals surface area contributed by atoms with Crippen molar-refractivity contribution in [3.05, 3.63) is 90.5 Å². The monoisotopic (exact) mass is 469 g/mol. The molecule has 0 fully saturated rings. The highest BCUT2D eigenvalue weighted by atomic mass is 35.5. The molecule has 10 heteroatoms. The summed E-state index contributed by atoms with van der Waals surface area (Å²) in [6.07, 6.45) is 1.63. The zero-order valence-electron chi connectivity index (χ0n) is 18.1. The summed E-state index contributed by atoms with van der Waals surface area (Å²) in [5.41, 5.74) is 2.54. The van der Waals surface area contributed by atoms with Crippen LogP contribution in [-0.4, -0.2) is 22.7 Å². The highest BCUT2D eigenvalue weighted by Crippen LogP contribution is 2.42. The molecule has 33 heavy (non-hydrogen) atoms. The molecule has 0 aliphatic carbocycles. The minimum atomic E-state index is -0.762. The summed E-state index contributed by atoms with van der Waals surface area (Å²) in [6.45, 7) is 5.99. The summed E-state index contributed by atoms with van der Waals surface area (Å²) in [7, 11) is 0. The van der Waals surface area contributed by atoms with Crippen LogP contribution >= 0.6 is 11.6 Å². The molecule has 3 rings (SSSR count). The Labute approximate surface area is 194 Å². The molecule has 0 heterocycles. The summed E-state index contributed by atoms with van der Waals surface area (Å²) in [5.74, 6) is 0.102. The number of benzene rings is 3. The summed E-state index contributed by atoms with van der Waals surface area (Å²) in [5, 5.41) is 22.5. The molecule has 0 bridgehead atoms. The number of rotatable bonds is 8. The summed E-state index contributed by atoms with van der Waals surface area (Å²) >= 11 is 6.43. The Hall–Kier alpha value is -3.98. The SMILES string of the molecule is CCOc1cc(C=Nc2cc(C)ccc2C)cc(Cl)c1Oc1ccc([N+](=O)[O-])cc1[N+](=O)[O-]. The predicted molar refractivity (Wildman–Crippen MR) is 126 cm³/mol. The number of nitro benzene ring substituents is 2. The summed E-state index contributed by atoms with van der Waals surface area (Å²) < 4.78 is 11.3. The zero-order valence-corrected chi connectivity index (χ0v) is 18.8. The Kier molecular flexibility index (Phi) is 7.24. The van der Waals surface area contributed by atoms with Gasteiger partial charge in [0, 0.05) is 12.3 Å². The van der Waals surface area contributed by atoms with Gasteiger partial charge in [0.15, 0.2) is 11.5 Å². The Balaban J connectivity index is 2.00. The number of nitro groups is 2. The molecule has 9 nitrogen and oxygen atoms in total. The number of nitrogens with zero attached hydrogens (tertiary/aromatic N) is 3. The maximum absolute atomic E-state index is 11.4.